The number of fused-ring (bicyclic) bond motifs is 1. The number of carbonyl (C=O) groups excluding carboxylic acids is 3. The van der Waals surface area contributed by atoms with Gasteiger partial charge in [-0.3, -0.25) is 4.79 Å². The van der Waals surface area contributed by atoms with Gasteiger partial charge in [0.2, 0.25) is 6.79 Å². The molecular formula is C24H20FNO7S. The molecule has 0 bridgehead atoms. The number of anilines is 1. The summed E-state index contributed by atoms with van der Waals surface area (Å²) in [5, 5.41) is 2.87. The minimum atomic E-state index is -0.965. The summed E-state index contributed by atoms with van der Waals surface area (Å²) in [6.45, 7) is 1.33. The van der Waals surface area contributed by atoms with E-state index in [1.54, 1.807) is 6.07 Å². The Balaban J connectivity index is 1.50. The van der Waals surface area contributed by atoms with Crippen molar-refractivity contribution in [3.8, 4) is 11.5 Å². The van der Waals surface area contributed by atoms with Crippen molar-refractivity contribution in [2.24, 2.45) is 0 Å². The Bertz CT molecular complexity index is 1270. The number of ether oxygens (including phenoxy) is 4. The number of benzene rings is 2. The fraction of sp³-hybridized carbons (Fsp3) is 0.208. The standard InChI is InChI=1S/C24H20FNO7S/c1-13-16(9-14-7-8-18-19(10-14)33-12-32-18)21(24(29)30-2)22(34-13)26-20(27)11-31-23(28)15-5-3-4-6-17(15)25/h3-8,10H,9,11-12H2,1-2H3,(H,26,27). The van der Waals surface area contributed by atoms with Crippen LogP contribution in [0.1, 0.15) is 36.7 Å². The van der Waals surface area contributed by atoms with Crippen LogP contribution in [-0.4, -0.2) is 38.4 Å². The average molecular weight is 485 g/mol. The maximum Gasteiger partial charge on any atom is 0.341 e. The van der Waals surface area contributed by atoms with Crippen LogP contribution in [-0.2, 0) is 20.7 Å². The molecule has 8 nitrogen and oxygen atoms in total. The lowest BCUT2D eigenvalue weighted by Crippen LogP contribution is -2.22. The van der Waals surface area contributed by atoms with Crippen LogP contribution in [0, 0.1) is 12.7 Å². The van der Waals surface area contributed by atoms with Gasteiger partial charge < -0.3 is 24.3 Å². The molecule has 176 valence electrons. The van der Waals surface area contributed by atoms with E-state index in [0.717, 1.165) is 16.5 Å². The van der Waals surface area contributed by atoms with Gasteiger partial charge >= 0.3 is 11.9 Å². The highest BCUT2D eigenvalue weighted by Crippen LogP contribution is 2.37. The predicted molar refractivity (Wildman–Crippen MR) is 121 cm³/mol. The van der Waals surface area contributed by atoms with E-state index < -0.39 is 30.3 Å². The number of hydrogen-bond donors (Lipinski definition) is 1. The van der Waals surface area contributed by atoms with E-state index >= 15 is 0 Å². The summed E-state index contributed by atoms with van der Waals surface area (Å²) in [6.07, 6.45) is 0.390. The molecule has 1 amide bonds. The third-order valence-corrected chi connectivity index (χ3v) is 6.16. The number of carbonyl (C=O) groups is 3. The molecule has 2 aromatic carbocycles. The van der Waals surface area contributed by atoms with Crippen LogP contribution in [0.2, 0.25) is 0 Å². The largest absolute Gasteiger partial charge is 0.465 e. The number of amides is 1. The molecule has 0 spiro atoms. The van der Waals surface area contributed by atoms with Gasteiger partial charge in [-0.05, 0) is 48.7 Å². The zero-order valence-corrected chi connectivity index (χ0v) is 19.1. The van der Waals surface area contributed by atoms with E-state index in [0.29, 0.717) is 23.5 Å². The highest BCUT2D eigenvalue weighted by molar-refractivity contribution is 7.16. The van der Waals surface area contributed by atoms with E-state index in [-0.39, 0.29) is 22.9 Å². The number of rotatable bonds is 7. The second-order valence-electron chi connectivity index (χ2n) is 7.30. The lowest BCUT2D eigenvalue weighted by atomic mass is 10.0. The van der Waals surface area contributed by atoms with Crippen LogP contribution in [0.15, 0.2) is 42.5 Å². The Hall–Kier alpha value is -3.92. The van der Waals surface area contributed by atoms with Gasteiger partial charge in [-0.25, -0.2) is 14.0 Å². The fourth-order valence-electron chi connectivity index (χ4n) is 3.45. The molecule has 0 fully saturated rings. The van der Waals surface area contributed by atoms with Crippen molar-refractivity contribution in [2.45, 2.75) is 13.3 Å². The number of thiophene rings is 1. The molecule has 34 heavy (non-hydrogen) atoms. The van der Waals surface area contributed by atoms with Gasteiger partial charge in [0.05, 0.1) is 18.2 Å². The molecule has 0 saturated heterocycles. The van der Waals surface area contributed by atoms with Gasteiger partial charge in [-0.1, -0.05) is 18.2 Å². The summed E-state index contributed by atoms with van der Waals surface area (Å²) in [7, 11) is 1.25. The smallest absolute Gasteiger partial charge is 0.341 e. The molecule has 0 atom stereocenters. The predicted octanol–water partition coefficient (Wildman–Crippen LogP) is 4.10. The maximum atomic E-state index is 13.7. The van der Waals surface area contributed by atoms with Gasteiger partial charge in [0.1, 0.15) is 10.8 Å². The minimum absolute atomic E-state index is 0.154. The van der Waals surface area contributed by atoms with E-state index in [2.05, 4.69) is 5.32 Å². The molecule has 0 aliphatic carbocycles. The van der Waals surface area contributed by atoms with Crippen LogP contribution in [0.5, 0.6) is 11.5 Å². The van der Waals surface area contributed by atoms with E-state index in [4.69, 9.17) is 18.9 Å². The van der Waals surface area contributed by atoms with Crippen molar-refractivity contribution >= 4 is 34.2 Å². The molecule has 2 heterocycles. The van der Waals surface area contributed by atoms with Crippen molar-refractivity contribution in [2.75, 3.05) is 25.8 Å². The quantitative estimate of drug-likeness (QED) is 0.503. The molecule has 1 aromatic heterocycles. The van der Waals surface area contributed by atoms with Gasteiger partial charge in [0.15, 0.2) is 18.1 Å². The van der Waals surface area contributed by atoms with E-state index in [1.807, 2.05) is 19.1 Å². The topological polar surface area (TPSA) is 100 Å². The number of hydrogen-bond acceptors (Lipinski definition) is 8. The second kappa shape index (κ2) is 9.92. The van der Waals surface area contributed by atoms with Crippen LogP contribution >= 0.6 is 11.3 Å². The Morgan fingerprint density at radius 2 is 1.85 bits per heavy atom. The summed E-state index contributed by atoms with van der Waals surface area (Å²) < 4.78 is 34.3. The average Bonchev–Trinajstić information content (AvgIpc) is 3.41. The molecule has 1 N–H and O–H groups in total. The molecule has 1 aliphatic heterocycles. The molecule has 0 saturated carbocycles. The zero-order valence-electron chi connectivity index (χ0n) is 18.3. The monoisotopic (exact) mass is 485 g/mol. The third-order valence-electron chi connectivity index (χ3n) is 5.10. The highest BCUT2D eigenvalue weighted by atomic mass is 32.1. The molecule has 1 aliphatic rings. The van der Waals surface area contributed by atoms with Gasteiger partial charge in [0, 0.05) is 4.88 Å². The molecule has 3 aromatic rings. The number of aryl methyl sites for hydroxylation is 1. The van der Waals surface area contributed by atoms with Gasteiger partial charge in [-0.15, -0.1) is 11.3 Å². The van der Waals surface area contributed by atoms with Crippen LogP contribution in [0.4, 0.5) is 9.39 Å². The number of methoxy groups -OCH3 is 1. The first kappa shape index (κ1) is 23.2. The summed E-state index contributed by atoms with van der Waals surface area (Å²) in [6, 6.07) is 10.8. The number of nitrogens with one attached hydrogen (secondary N) is 1. The number of esters is 2. The van der Waals surface area contributed by atoms with E-state index in [9.17, 15) is 18.8 Å². The van der Waals surface area contributed by atoms with Crippen molar-refractivity contribution in [1.29, 1.82) is 0 Å². The van der Waals surface area contributed by atoms with Crippen LogP contribution in [0.3, 0.4) is 0 Å². The Kier molecular flexibility index (Phi) is 6.78. The summed E-state index contributed by atoms with van der Waals surface area (Å²) in [4.78, 5) is 37.9. The Labute approximate surface area is 198 Å². The van der Waals surface area contributed by atoms with Crippen molar-refractivity contribution in [3.05, 3.63) is 75.4 Å². The van der Waals surface area contributed by atoms with Crippen molar-refractivity contribution in [1.82, 2.24) is 0 Å². The summed E-state index contributed by atoms with van der Waals surface area (Å²) in [5.41, 5.74) is 1.52. The van der Waals surface area contributed by atoms with Gasteiger partial charge in [0.25, 0.3) is 5.91 Å². The zero-order chi connectivity index (χ0) is 24.2. The summed E-state index contributed by atoms with van der Waals surface area (Å²) in [5.74, 6) is -1.73. The molecule has 0 unspecified atom stereocenters. The molecule has 0 radical (unpaired) electrons. The Morgan fingerprint density at radius 3 is 2.62 bits per heavy atom. The molecule has 10 heteroatoms. The molecular weight excluding hydrogens is 465 g/mol. The lowest BCUT2D eigenvalue weighted by molar-refractivity contribution is -0.119. The lowest BCUT2D eigenvalue weighted by Gasteiger charge is -2.09. The van der Waals surface area contributed by atoms with Gasteiger partial charge in [-0.2, -0.15) is 0 Å². The highest BCUT2D eigenvalue weighted by Gasteiger charge is 2.25. The first-order valence-corrected chi connectivity index (χ1v) is 11.0. The third kappa shape index (κ3) is 4.86. The minimum Gasteiger partial charge on any atom is -0.465 e. The summed E-state index contributed by atoms with van der Waals surface area (Å²) >= 11 is 1.20. The molecule has 4 rings (SSSR count). The number of halogens is 1. The maximum absolute atomic E-state index is 13.7. The Morgan fingerprint density at radius 1 is 1.09 bits per heavy atom. The first-order chi connectivity index (χ1) is 16.4. The second-order valence-corrected chi connectivity index (χ2v) is 8.53. The van der Waals surface area contributed by atoms with Crippen LogP contribution < -0.4 is 14.8 Å². The fourth-order valence-corrected chi connectivity index (χ4v) is 4.53. The van der Waals surface area contributed by atoms with Crippen molar-refractivity contribution < 1.29 is 37.7 Å². The first-order valence-electron chi connectivity index (χ1n) is 10.2. The normalized spacial score (nSPS) is 11.7. The van der Waals surface area contributed by atoms with Crippen molar-refractivity contribution in [3.63, 3.8) is 0 Å². The van der Waals surface area contributed by atoms with E-state index in [1.165, 1.54) is 36.6 Å². The van der Waals surface area contributed by atoms with Crippen LogP contribution in [0.25, 0.3) is 0 Å². The SMILES string of the molecule is COC(=O)c1c(NC(=O)COC(=O)c2ccccc2F)sc(C)c1Cc1ccc2c(c1)OCO2.